The van der Waals surface area contributed by atoms with Gasteiger partial charge in [-0.1, -0.05) is 54.6 Å². The van der Waals surface area contributed by atoms with Crippen LogP contribution in [0.2, 0.25) is 0 Å². The highest BCUT2D eigenvalue weighted by molar-refractivity contribution is 5.75. The van der Waals surface area contributed by atoms with Crippen LogP contribution in [0.1, 0.15) is 48.0 Å². The van der Waals surface area contributed by atoms with Crippen LogP contribution in [0, 0.1) is 5.92 Å². The molecule has 4 atom stereocenters. The van der Waals surface area contributed by atoms with Crippen molar-refractivity contribution in [3.63, 3.8) is 0 Å². The third-order valence-corrected chi connectivity index (χ3v) is 7.29. The van der Waals surface area contributed by atoms with Gasteiger partial charge in [-0.3, -0.25) is 4.90 Å². The average molecular weight is 408 g/mol. The van der Waals surface area contributed by atoms with E-state index in [1.54, 1.807) is 0 Å². The summed E-state index contributed by atoms with van der Waals surface area (Å²) in [5.74, 6) is 0.506. The van der Waals surface area contributed by atoms with Crippen LogP contribution in [0.5, 0.6) is 0 Å². The van der Waals surface area contributed by atoms with E-state index in [1.165, 1.54) is 17.5 Å². The predicted molar refractivity (Wildman–Crippen MR) is 116 cm³/mol. The van der Waals surface area contributed by atoms with Crippen molar-refractivity contribution in [2.24, 2.45) is 5.92 Å². The SMILES string of the molecule is O=C(N[C@@H](CF)c1ccccc1)N1CCC[C@H]2CN3CCc4ccccc4[C@H]3C[C@H]21. The van der Waals surface area contributed by atoms with E-state index in [4.69, 9.17) is 0 Å². The fourth-order valence-corrected chi connectivity index (χ4v) is 5.78. The van der Waals surface area contributed by atoms with Gasteiger partial charge in [-0.15, -0.1) is 0 Å². The van der Waals surface area contributed by atoms with E-state index >= 15 is 0 Å². The van der Waals surface area contributed by atoms with Gasteiger partial charge in [-0.2, -0.15) is 0 Å². The summed E-state index contributed by atoms with van der Waals surface area (Å²) in [5, 5.41) is 2.98. The van der Waals surface area contributed by atoms with Crippen LogP contribution in [0.25, 0.3) is 0 Å². The summed E-state index contributed by atoms with van der Waals surface area (Å²) >= 11 is 0. The van der Waals surface area contributed by atoms with Crippen molar-refractivity contribution < 1.29 is 9.18 Å². The summed E-state index contributed by atoms with van der Waals surface area (Å²) in [7, 11) is 0. The van der Waals surface area contributed by atoms with E-state index < -0.39 is 12.7 Å². The minimum Gasteiger partial charge on any atom is -0.329 e. The standard InChI is InChI=1S/C25H30FN3O/c26-16-22(19-8-2-1-3-9-19)27-25(30)29-13-6-10-20-17-28-14-12-18-7-4-5-11-21(18)24(28)15-23(20)29/h1-5,7-9,11,20,22-24H,6,10,12-17H2,(H,27,30)/t20-,22-,23+,24+/m0/s1. The highest BCUT2D eigenvalue weighted by Gasteiger charge is 2.44. The number of benzene rings is 2. The number of nitrogens with one attached hydrogen (secondary N) is 1. The molecular weight excluding hydrogens is 377 g/mol. The first-order valence-corrected chi connectivity index (χ1v) is 11.2. The number of hydrogen-bond acceptors (Lipinski definition) is 2. The number of urea groups is 1. The van der Waals surface area contributed by atoms with Crippen LogP contribution >= 0.6 is 0 Å². The Balaban J connectivity index is 1.35. The lowest BCUT2D eigenvalue weighted by atomic mass is 9.77. The zero-order valence-corrected chi connectivity index (χ0v) is 17.3. The van der Waals surface area contributed by atoms with E-state index in [1.807, 2.05) is 35.2 Å². The molecule has 3 heterocycles. The largest absolute Gasteiger partial charge is 0.329 e. The number of nitrogens with zero attached hydrogens (tertiary/aromatic N) is 2. The van der Waals surface area contributed by atoms with Crippen LogP contribution in [-0.2, 0) is 6.42 Å². The molecule has 2 aromatic rings. The molecule has 2 aromatic carbocycles. The molecule has 3 aliphatic heterocycles. The third kappa shape index (κ3) is 3.60. The molecule has 0 spiro atoms. The monoisotopic (exact) mass is 407 g/mol. The highest BCUT2D eigenvalue weighted by Crippen LogP contribution is 2.42. The summed E-state index contributed by atoms with van der Waals surface area (Å²) in [6.45, 7) is 2.32. The molecule has 30 heavy (non-hydrogen) atoms. The second-order valence-electron chi connectivity index (χ2n) is 8.93. The number of carbonyl (C=O) groups excluding carboxylic acids is 1. The van der Waals surface area contributed by atoms with Crippen LogP contribution in [0.15, 0.2) is 54.6 Å². The molecule has 0 radical (unpaired) electrons. The van der Waals surface area contributed by atoms with Gasteiger partial charge in [0.2, 0.25) is 0 Å². The first-order valence-electron chi connectivity index (χ1n) is 11.2. The van der Waals surface area contributed by atoms with Crippen LogP contribution in [0.4, 0.5) is 9.18 Å². The molecule has 0 unspecified atom stereocenters. The van der Waals surface area contributed by atoms with E-state index in [9.17, 15) is 9.18 Å². The van der Waals surface area contributed by atoms with Gasteiger partial charge < -0.3 is 10.2 Å². The van der Waals surface area contributed by atoms with Crippen molar-refractivity contribution in [2.75, 3.05) is 26.3 Å². The molecule has 0 saturated carbocycles. The van der Waals surface area contributed by atoms with Gasteiger partial charge in [-0.05, 0) is 48.3 Å². The lowest BCUT2D eigenvalue weighted by Gasteiger charge is -2.52. The van der Waals surface area contributed by atoms with Gasteiger partial charge in [0, 0.05) is 31.7 Å². The summed E-state index contributed by atoms with van der Waals surface area (Å²) in [4.78, 5) is 17.9. The second kappa shape index (κ2) is 8.38. The summed E-state index contributed by atoms with van der Waals surface area (Å²) in [5.41, 5.74) is 3.70. The van der Waals surface area contributed by atoms with Crippen molar-refractivity contribution >= 4 is 6.03 Å². The van der Waals surface area contributed by atoms with E-state index in [2.05, 4.69) is 34.5 Å². The average Bonchev–Trinajstić information content (AvgIpc) is 2.81. The van der Waals surface area contributed by atoms with Crippen molar-refractivity contribution in [1.29, 1.82) is 0 Å². The molecule has 1 N–H and O–H groups in total. The lowest BCUT2D eigenvalue weighted by molar-refractivity contribution is 0.00509. The number of amides is 2. The molecule has 0 bridgehead atoms. The minimum absolute atomic E-state index is 0.117. The van der Waals surface area contributed by atoms with Gasteiger partial charge in [-0.25, -0.2) is 9.18 Å². The van der Waals surface area contributed by atoms with Crippen molar-refractivity contribution in [3.8, 4) is 0 Å². The van der Waals surface area contributed by atoms with Gasteiger partial charge >= 0.3 is 6.03 Å². The number of carbonyl (C=O) groups is 1. The van der Waals surface area contributed by atoms with E-state index in [0.29, 0.717) is 12.0 Å². The van der Waals surface area contributed by atoms with Gasteiger partial charge in [0.25, 0.3) is 0 Å². The molecule has 2 fully saturated rings. The Morgan fingerprint density at radius 3 is 2.73 bits per heavy atom. The molecule has 5 rings (SSSR count). The number of hydrogen-bond donors (Lipinski definition) is 1. The quantitative estimate of drug-likeness (QED) is 0.814. The lowest BCUT2D eigenvalue weighted by Crippen LogP contribution is -2.59. The number of fused-ring (bicyclic) bond motifs is 4. The zero-order valence-electron chi connectivity index (χ0n) is 17.3. The van der Waals surface area contributed by atoms with Crippen LogP contribution in [0.3, 0.4) is 0 Å². The van der Waals surface area contributed by atoms with Crippen molar-refractivity contribution in [2.45, 2.75) is 43.8 Å². The molecule has 0 aromatic heterocycles. The maximum absolute atomic E-state index is 13.8. The Kier molecular flexibility index (Phi) is 5.47. The number of piperidine rings is 2. The molecular formula is C25H30FN3O. The topological polar surface area (TPSA) is 35.6 Å². The van der Waals surface area contributed by atoms with E-state index in [0.717, 1.165) is 44.5 Å². The fraction of sp³-hybridized carbons (Fsp3) is 0.480. The van der Waals surface area contributed by atoms with Gasteiger partial charge in [0.15, 0.2) is 0 Å². The van der Waals surface area contributed by atoms with Gasteiger partial charge in [0.05, 0.1) is 6.04 Å². The van der Waals surface area contributed by atoms with Gasteiger partial charge in [0.1, 0.15) is 6.67 Å². The fourth-order valence-electron chi connectivity index (χ4n) is 5.78. The molecule has 158 valence electrons. The normalized spacial score (nSPS) is 26.8. The Hall–Kier alpha value is -2.40. The van der Waals surface area contributed by atoms with Crippen molar-refractivity contribution in [3.05, 3.63) is 71.3 Å². The molecule has 4 nitrogen and oxygen atoms in total. The minimum atomic E-state index is -0.596. The third-order valence-electron chi connectivity index (χ3n) is 7.29. The second-order valence-corrected chi connectivity index (χ2v) is 8.93. The Bertz CT molecular complexity index is 889. The first kappa shape index (κ1) is 19.6. The summed E-state index contributed by atoms with van der Waals surface area (Å²) in [6, 6.07) is 18.1. The number of likely N-dealkylation sites (tertiary alicyclic amines) is 1. The first-order chi connectivity index (χ1) is 14.7. The van der Waals surface area contributed by atoms with E-state index in [-0.39, 0.29) is 12.1 Å². The zero-order chi connectivity index (χ0) is 20.5. The molecule has 0 aliphatic carbocycles. The predicted octanol–water partition coefficient (Wildman–Crippen LogP) is 4.49. The maximum Gasteiger partial charge on any atom is 0.318 e. The van der Waals surface area contributed by atoms with Crippen LogP contribution < -0.4 is 5.32 Å². The molecule has 5 heteroatoms. The number of alkyl halides is 1. The summed E-state index contributed by atoms with van der Waals surface area (Å²) < 4.78 is 13.8. The van der Waals surface area contributed by atoms with Crippen LogP contribution in [-0.4, -0.2) is 48.2 Å². The smallest absolute Gasteiger partial charge is 0.318 e. The molecule has 3 aliphatic rings. The Labute approximate surface area is 178 Å². The number of rotatable bonds is 3. The summed E-state index contributed by atoms with van der Waals surface area (Å²) in [6.07, 6.45) is 4.28. The maximum atomic E-state index is 13.8. The van der Waals surface area contributed by atoms with Crippen molar-refractivity contribution in [1.82, 2.24) is 15.1 Å². The molecule has 2 amide bonds. The Morgan fingerprint density at radius 2 is 1.90 bits per heavy atom. The Morgan fingerprint density at radius 1 is 1.10 bits per heavy atom. The number of halogens is 1. The highest BCUT2D eigenvalue weighted by atomic mass is 19.1. The molecule has 2 saturated heterocycles.